The Morgan fingerprint density at radius 2 is 1.85 bits per heavy atom. The molecule has 3 aromatic rings. The number of anilines is 3. The van der Waals surface area contributed by atoms with Crippen molar-refractivity contribution in [3.8, 4) is 5.69 Å². The van der Waals surface area contributed by atoms with E-state index in [1.165, 1.54) is 24.6 Å². The number of hydrogen-bond donors (Lipinski definition) is 3. The highest BCUT2D eigenvalue weighted by Gasteiger charge is 2.38. The van der Waals surface area contributed by atoms with Gasteiger partial charge in [0.05, 0.1) is 11.9 Å². The van der Waals surface area contributed by atoms with Crippen LogP contribution in [0.2, 0.25) is 0 Å². The van der Waals surface area contributed by atoms with Crippen molar-refractivity contribution >= 4 is 17.5 Å². The second-order valence-corrected chi connectivity index (χ2v) is 10.5. The molecule has 0 amide bonds. The molecule has 9 nitrogen and oxygen atoms in total. The maximum absolute atomic E-state index is 14.6. The molecule has 5 rings (SSSR count). The van der Waals surface area contributed by atoms with Crippen LogP contribution in [0.25, 0.3) is 5.69 Å². The van der Waals surface area contributed by atoms with E-state index in [1.807, 2.05) is 6.07 Å². The first kappa shape index (κ1) is 21.7. The Morgan fingerprint density at radius 3 is 2.52 bits per heavy atom. The number of hydrogen-bond acceptors (Lipinski definition) is 8. The molecule has 33 heavy (non-hydrogen) atoms. The van der Waals surface area contributed by atoms with Crippen molar-refractivity contribution in [2.24, 2.45) is 0 Å². The minimum absolute atomic E-state index is 0.0557. The molecule has 3 heterocycles. The van der Waals surface area contributed by atoms with Gasteiger partial charge in [-0.3, -0.25) is 0 Å². The highest BCUT2D eigenvalue weighted by atomic mass is 19.1. The lowest BCUT2D eigenvalue weighted by molar-refractivity contribution is 0.170. The van der Waals surface area contributed by atoms with Crippen LogP contribution in [0.3, 0.4) is 0 Å². The molecule has 0 atom stereocenters. The van der Waals surface area contributed by atoms with Gasteiger partial charge in [0.1, 0.15) is 6.33 Å². The highest BCUT2D eigenvalue weighted by Crippen LogP contribution is 2.42. The Bertz CT molecular complexity index is 1120. The number of aromatic nitrogens is 6. The Hall–Kier alpha value is -3.14. The minimum Gasteiger partial charge on any atom is -0.365 e. The predicted octanol–water partition coefficient (Wildman–Crippen LogP) is 3.93. The summed E-state index contributed by atoms with van der Waals surface area (Å²) in [5.41, 5.74) is 2.77. The molecule has 1 saturated heterocycles. The van der Waals surface area contributed by atoms with Crippen LogP contribution in [-0.2, 0) is 0 Å². The third-order valence-electron chi connectivity index (χ3n) is 6.13. The zero-order valence-corrected chi connectivity index (χ0v) is 19.4. The average Bonchev–Trinajstić information content (AvgIpc) is 3.42. The van der Waals surface area contributed by atoms with Crippen molar-refractivity contribution in [2.75, 3.05) is 10.6 Å². The normalized spacial score (nSPS) is 19.9. The lowest BCUT2D eigenvalue weighted by atomic mass is 9.79. The molecule has 10 heteroatoms. The van der Waals surface area contributed by atoms with Crippen molar-refractivity contribution in [1.82, 2.24) is 35.5 Å². The second kappa shape index (κ2) is 8.02. The van der Waals surface area contributed by atoms with E-state index in [4.69, 9.17) is 0 Å². The summed E-state index contributed by atoms with van der Waals surface area (Å²) in [5, 5.41) is 21.7. The molecule has 1 saturated carbocycles. The largest absolute Gasteiger partial charge is 0.365 e. The smallest absolute Gasteiger partial charge is 0.229 e. The summed E-state index contributed by atoms with van der Waals surface area (Å²) in [6.07, 6.45) is 6.84. The summed E-state index contributed by atoms with van der Waals surface area (Å²) in [4.78, 5) is 8.63. The lowest BCUT2D eigenvalue weighted by Gasteiger charge is -2.46. The maximum atomic E-state index is 14.6. The van der Waals surface area contributed by atoms with E-state index in [-0.39, 0.29) is 22.9 Å². The number of tetrazole rings is 1. The van der Waals surface area contributed by atoms with Gasteiger partial charge in [0.15, 0.2) is 11.6 Å². The summed E-state index contributed by atoms with van der Waals surface area (Å²) in [6.45, 7) is 8.67. The van der Waals surface area contributed by atoms with Gasteiger partial charge in [0.25, 0.3) is 0 Å². The molecule has 0 unspecified atom stereocenters. The van der Waals surface area contributed by atoms with Gasteiger partial charge in [-0.1, -0.05) is 0 Å². The van der Waals surface area contributed by atoms with E-state index in [0.717, 1.165) is 24.2 Å². The van der Waals surface area contributed by atoms with E-state index in [9.17, 15) is 4.39 Å². The van der Waals surface area contributed by atoms with Gasteiger partial charge in [-0.05, 0) is 93.5 Å². The van der Waals surface area contributed by atoms with Gasteiger partial charge in [0, 0.05) is 22.8 Å². The Labute approximate surface area is 192 Å². The van der Waals surface area contributed by atoms with Gasteiger partial charge in [-0.2, -0.15) is 4.98 Å². The van der Waals surface area contributed by atoms with Crippen LogP contribution in [0.1, 0.15) is 64.9 Å². The number of halogens is 1. The molecule has 0 bridgehead atoms. The summed E-state index contributed by atoms with van der Waals surface area (Å²) in [7, 11) is 0. The van der Waals surface area contributed by atoms with Crippen molar-refractivity contribution in [3.05, 3.63) is 42.1 Å². The fraction of sp³-hybridized carbons (Fsp3) is 0.522. The zero-order chi connectivity index (χ0) is 23.2. The topological polar surface area (TPSA) is 105 Å². The number of piperidine rings is 1. The second-order valence-electron chi connectivity index (χ2n) is 10.5. The van der Waals surface area contributed by atoms with Crippen LogP contribution >= 0.6 is 0 Å². The predicted molar refractivity (Wildman–Crippen MR) is 124 cm³/mol. The van der Waals surface area contributed by atoms with Crippen LogP contribution in [0.5, 0.6) is 0 Å². The van der Waals surface area contributed by atoms with Crippen LogP contribution in [-0.4, -0.2) is 47.3 Å². The van der Waals surface area contributed by atoms with Gasteiger partial charge in [0.2, 0.25) is 5.95 Å². The number of nitrogens with one attached hydrogen (secondary N) is 3. The van der Waals surface area contributed by atoms with E-state index < -0.39 is 5.82 Å². The van der Waals surface area contributed by atoms with Crippen molar-refractivity contribution < 1.29 is 4.39 Å². The fourth-order valence-corrected chi connectivity index (χ4v) is 5.05. The monoisotopic (exact) mass is 451 g/mol. The van der Waals surface area contributed by atoms with E-state index in [0.29, 0.717) is 11.9 Å². The molecule has 2 aliphatic rings. The summed E-state index contributed by atoms with van der Waals surface area (Å²) < 4.78 is 16.2. The molecular formula is C23H30FN9. The van der Waals surface area contributed by atoms with Gasteiger partial charge >= 0.3 is 0 Å². The zero-order valence-electron chi connectivity index (χ0n) is 19.4. The maximum Gasteiger partial charge on any atom is 0.229 e. The average molecular weight is 452 g/mol. The third-order valence-corrected chi connectivity index (χ3v) is 6.13. The summed E-state index contributed by atoms with van der Waals surface area (Å²) >= 11 is 0. The quantitative estimate of drug-likeness (QED) is 0.518. The fourth-order valence-electron chi connectivity index (χ4n) is 5.05. The number of rotatable bonds is 6. The van der Waals surface area contributed by atoms with Crippen LogP contribution < -0.4 is 16.0 Å². The molecule has 0 spiro atoms. The van der Waals surface area contributed by atoms with E-state index >= 15 is 0 Å². The van der Waals surface area contributed by atoms with Crippen LogP contribution in [0.4, 0.5) is 21.8 Å². The van der Waals surface area contributed by atoms with Gasteiger partial charge in [-0.25, -0.2) is 14.1 Å². The Kier molecular flexibility index (Phi) is 5.27. The SMILES string of the molecule is CC1(C)CC(Nc2nc(Nc3cc(C4CC4)cc(-n4cnnn4)c3)ncc2F)CC(C)(C)N1. The van der Waals surface area contributed by atoms with Gasteiger partial charge in [-0.15, -0.1) is 5.10 Å². The Morgan fingerprint density at radius 1 is 1.09 bits per heavy atom. The minimum atomic E-state index is -0.462. The first-order valence-electron chi connectivity index (χ1n) is 11.4. The lowest BCUT2D eigenvalue weighted by Crippen LogP contribution is -2.60. The molecule has 0 radical (unpaired) electrons. The first-order valence-corrected chi connectivity index (χ1v) is 11.4. The van der Waals surface area contributed by atoms with Crippen molar-refractivity contribution in [1.29, 1.82) is 0 Å². The molecular weight excluding hydrogens is 421 g/mol. The molecule has 1 aromatic carbocycles. The highest BCUT2D eigenvalue weighted by molar-refractivity contribution is 5.61. The van der Waals surface area contributed by atoms with Crippen LogP contribution in [0, 0.1) is 5.82 Å². The van der Waals surface area contributed by atoms with E-state index in [2.05, 4.69) is 81.3 Å². The Balaban J connectivity index is 1.39. The van der Waals surface area contributed by atoms with E-state index in [1.54, 1.807) is 11.0 Å². The van der Waals surface area contributed by atoms with Crippen LogP contribution in [0.15, 0.2) is 30.7 Å². The first-order chi connectivity index (χ1) is 15.7. The molecule has 174 valence electrons. The summed E-state index contributed by atoms with van der Waals surface area (Å²) in [6, 6.07) is 6.21. The molecule has 2 fully saturated rings. The van der Waals surface area contributed by atoms with Gasteiger partial charge < -0.3 is 16.0 Å². The third kappa shape index (κ3) is 5.11. The number of nitrogens with zero attached hydrogens (tertiary/aromatic N) is 6. The molecule has 1 aliphatic heterocycles. The standard InChI is InChI=1S/C23H30FN9/c1-22(2)10-17(11-23(3,4)30-22)27-20-19(24)12-25-21(29-20)28-16-7-15(14-5-6-14)8-18(9-16)33-13-26-31-32-33/h7-9,12-14,17,30H,5-6,10-11H2,1-4H3,(H2,25,27,28,29). The molecule has 1 aliphatic carbocycles. The van der Waals surface area contributed by atoms with Crippen molar-refractivity contribution in [3.63, 3.8) is 0 Å². The number of benzene rings is 1. The van der Waals surface area contributed by atoms with Crippen molar-refractivity contribution in [2.45, 2.75) is 76.4 Å². The molecule has 3 N–H and O–H groups in total. The molecule has 2 aromatic heterocycles. The summed E-state index contributed by atoms with van der Waals surface area (Å²) in [5.74, 6) is 0.628.